The first-order valence-electron chi connectivity index (χ1n) is 9.50. The van der Waals surface area contributed by atoms with E-state index in [1.807, 2.05) is 18.2 Å². The summed E-state index contributed by atoms with van der Waals surface area (Å²) in [6, 6.07) is 9.04. The number of carbonyl (C=O) groups excluding carboxylic acids is 1. The zero-order valence-corrected chi connectivity index (χ0v) is 20.0. The zero-order valence-electron chi connectivity index (χ0n) is 16.9. The number of halogens is 2. The van der Waals surface area contributed by atoms with E-state index in [9.17, 15) is 4.79 Å². The number of amides is 1. The number of hydrogen-bond donors (Lipinski definition) is 0. The second kappa shape index (κ2) is 9.67. The molecule has 4 rings (SSSR count). The van der Waals surface area contributed by atoms with Crippen molar-refractivity contribution in [2.45, 2.75) is 11.4 Å². The molecule has 0 radical (unpaired) electrons. The molecule has 0 saturated heterocycles. The number of benzene rings is 1. The molecule has 1 aliphatic rings. The van der Waals surface area contributed by atoms with E-state index in [1.54, 1.807) is 44.4 Å². The van der Waals surface area contributed by atoms with Gasteiger partial charge in [-0.25, -0.2) is 9.29 Å². The van der Waals surface area contributed by atoms with E-state index in [2.05, 4.69) is 25.6 Å². The van der Waals surface area contributed by atoms with E-state index in [0.29, 0.717) is 15.6 Å². The minimum absolute atomic E-state index is 0.128. The normalized spacial score (nSPS) is 14.4. The predicted molar refractivity (Wildman–Crippen MR) is 128 cm³/mol. The van der Waals surface area contributed by atoms with E-state index < -0.39 is 0 Å². The second-order valence-corrected chi connectivity index (χ2v) is 9.93. The van der Waals surface area contributed by atoms with E-state index in [-0.39, 0.29) is 5.91 Å². The summed E-state index contributed by atoms with van der Waals surface area (Å²) in [6.45, 7) is 1.64. The Balaban J connectivity index is 1.46. The molecule has 0 unspecified atom stereocenters. The summed E-state index contributed by atoms with van der Waals surface area (Å²) in [5.74, 6) is -0.128. The molecular weight excluding hydrogens is 473 g/mol. The van der Waals surface area contributed by atoms with Crippen LogP contribution < -0.4 is 0 Å². The lowest BCUT2D eigenvalue weighted by Gasteiger charge is -2.24. The molecule has 1 aliphatic heterocycles. The average Bonchev–Trinajstić information content (AvgIpc) is 3.25. The van der Waals surface area contributed by atoms with Gasteiger partial charge in [0.1, 0.15) is 15.0 Å². The fourth-order valence-corrected chi connectivity index (χ4v) is 5.25. The third-order valence-corrected chi connectivity index (χ3v) is 7.53. The standard InChI is InChI=1S/C21H19Cl2N5OS2/c1-27(2)21(29)15-6-5-14(12-17(15)23)19-26-25-18(30-19)13-7-10-28(11-8-13)31-20-16(22)4-3-9-24-20/h3-7,9,12H,8,10-11H2,1-2H3. The number of nitrogens with zero attached hydrogens (tertiary/aromatic N) is 5. The van der Waals surface area contributed by atoms with Crippen molar-refractivity contribution < 1.29 is 4.79 Å². The topological polar surface area (TPSA) is 62.2 Å². The van der Waals surface area contributed by atoms with Crippen LogP contribution in [0.5, 0.6) is 0 Å². The van der Waals surface area contributed by atoms with Crippen LogP contribution in [0.3, 0.4) is 0 Å². The molecule has 3 aromatic rings. The molecule has 31 heavy (non-hydrogen) atoms. The van der Waals surface area contributed by atoms with Gasteiger partial charge in [-0.2, -0.15) is 0 Å². The second-order valence-electron chi connectivity index (χ2n) is 7.06. The van der Waals surface area contributed by atoms with E-state index in [0.717, 1.165) is 40.1 Å². The number of hydrogen-bond acceptors (Lipinski definition) is 7. The van der Waals surface area contributed by atoms with Crippen molar-refractivity contribution in [2.75, 3.05) is 27.2 Å². The van der Waals surface area contributed by atoms with Crippen LogP contribution in [0.25, 0.3) is 16.1 Å². The van der Waals surface area contributed by atoms with Crippen molar-refractivity contribution in [2.24, 2.45) is 0 Å². The van der Waals surface area contributed by atoms with Crippen molar-refractivity contribution in [3.63, 3.8) is 0 Å². The molecule has 0 bridgehead atoms. The Kier molecular flexibility index (Phi) is 6.93. The van der Waals surface area contributed by atoms with Crippen LogP contribution >= 0.6 is 46.5 Å². The maximum atomic E-state index is 12.2. The summed E-state index contributed by atoms with van der Waals surface area (Å²) in [4.78, 5) is 18.0. The van der Waals surface area contributed by atoms with Gasteiger partial charge in [0.15, 0.2) is 0 Å². The van der Waals surface area contributed by atoms with Crippen molar-refractivity contribution in [3.05, 3.63) is 63.2 Å². The first-order chi connectivity index (χ1) is 14.9. The highest BCUT2D eigenvalue weighted by molar-refractivity contribution is 7.97. The number of carbonyl (C=O) groups is 1. The molecule has 0 N–H and O–H groups in total. The monoisotopic (exact) mass is 491 g/mol. The van der Waals surface area contributed by atoms with Crippen molar-refractivity contribution in [3.8, 4) is 10.6 Å². The molecule has 0 fully saturated rings. The van der Waals surface area contributed by atoms with Gasteiger partial charge in [-0.1, -0.05) is 46.7 Å². The molecule has 6 nitrogen and oxygen atoms in total. The van der Waals surface area contributed by atoms with E-state index >= 15 is 0 Å². The summed E-state index contributed by atoms with van der Waals surface area (Å²) in [6.07, 6.45) is 4.78. The van der Waals surface area contributed by atoms with Gasteiger partial charge in [0.2, 0.25) is 0 Å². The van der Waals surface area contributed by atoms with Gasteiger partial charge in [-0.3, -0.25) is 4.79 Å². The maximum absolute atomic E-state index is 12.2. The summed E-state index contributed by atoms with van der Waals surface area (Å²) < 4.78 is 2.22. The third-order valence-electron chi connectivity index (χ3n) is 4.66. The molecule has 10 heteroatoms. The van der Waals surface area contributed by atoms with Crippen molar-refractivity contribution in [1.82, 2.24) is 24.4 Å². The van der Waals surface area contributed by atoms with Crippen molar-refractivity contribution >= 4 is 58.0 Å². The molecule has 1 aromatic carbocycles. The summed E-state index contributed by atoms with van der Waals surface area (Å²) in [7, 11) is 3.40. The average molecular weight is 492 g/mol. The fourth-order valence-electron chi connectivity index (χ4n) is 3.02. The lowest BCUT2D eigenvalue weighted by atomic mass is 10.1. The van der Waals surface area contributed by atoms with Gasteiger partial charge in [0, 0.05) is 38.9 Å². The third kappa shape index (κ3) is 5.10. The van der Waals surface area contributed by atoms with Gasteiger partial charge in [0.25, 0.3) is 5.91 Å². The smallest absolute Gasteiger partial charge is 0.254 e. The SMILES string of the molecule is CN(C)C(=O)c1ccc(-c2nnc(C3=CCN(Sc4ncccc4Cl)CC3)s2)cc1Cl. The van der Waals surface area contributed by atoms with Gasteiger partial charge >= 0.3 is 0 Å². The van der Waals surface area contributed by atoms with Crippen LogP contribution in [0.15, 0.2) is 47.6 Å². The maximum Gasteiger partial charge on any atom is 0.254 e. The molecule has 0 spiro atoms. The van der Waals surface area contributed by atoms with Crippen LogP contribution in [0.1, 0.15) is 21.8 Å². The molecule has 0 atom stereocenters. The largest absolute Gasteiger partial charge is 0.345 e. The van der Waals surface area contributed by atoms with Crippen LogP contribution in [0.4, 0.5) is 0 Å². The van der Waals surface area contributed by atoms with E-state index in [4.69, 9.17) is 23.2 Å². The molecule has 160 valence electrons. The molecular formula is C21H19Cl2N5OS2. The Labute approximate surface area is 199 Å². The minimum Gasteiger partial charge on any atom is -0.345 e. The Morgan fingerprint density at radius 1 is 1.16 bits per heavy atom. The van der Waals surface area contributed by atoms with Crippen LogP contribution in [-0.4, -0.2) is 57.5 Å². The first-order valence-corrected chi connectivity index (χ1v) is 11.8. The van der Waals surface area contributed by atoms with Gasteiger partial charge in [-0.15, -0.1) is 10.2 Å². The van der Waals surface area contributed by atoms with Crippen LogP contribution in [0.2, 0.25) is 10.0 Å². The molecule has 0 aliphatic carbocycles. The molecule has 2 aromatic heterocycles. The highest BCUT2D eigenvalue weighted by Crippen LogP contribution is 2.35. The van der Waals surface area contributed by atoms with Gasteiger partial charge < -0.3 is 4.90 Å². The minimum atomic E-state index is -0.128. The highest BCUT2D eigenvalue weighted by atomic mass is 35.5. The number of pyridine rings is 1. The van der Waals surface area contributed by atoms with Crippen LogP contribution in [0, 0.1) is 0 Å². The Bertz CT molecular complexity index is 1150. The molecule has 1 amide bonds. The van der Waals surface area contributed by atoms with Gasteiger partial charge in [-0.05, 0) is 48.2 Å². The molecule has 0 saturated carbocycles. The number of rotatable bonds is 5. The lowest BCUT2D eigenvalue weighted by Crippen LogP contribution is -2.21. The first kappa shape index (κ1) is 22.2. The highest BCUT2D eigenvalue weighted by Gasteiger charge is 2.19. The predicted octanol–water partition coefficient (Wildman–Crippen LogP) is 5.41. The fraction of sp³-hybridized carbons (Fsp3) is 0.238. The summed E-state index contributed by atoms with van der Waals surface area (Å²) in [5, 5.41) is 12.3. The quantitative estimate of drug-likeness (QED) is 0.444. The summed E-state index contributed by atoms with van der Waals surface area (Å²) >= 11 is 15.6. The van der Waals surface area contributed by atoms with E-state index in [1.165, 1.54) is 21.8 Å². The Morgan fingerprint density at radius 3 is 2.65 bits per heavy atom. The van der Waals surface area contributed by atoms with Crippen LogP contribution in [-0.2, 0) is 0 Å². The summed E-state index contributed by atoms with van der Waals surface area (Å²) in [5.41, 5.74) is 2.50. The zero-order chi connectivity index (χ0) is 22.0. The Hall–Kier alpha value is -1.97. The Morgan fingerprint density at radius 2 is 1.97 bits per heavy atom. The van der Waals surface area contributed by atoms with Crippen molar-refractivity contribution in [1.29, 1.82) is 0 Å². The lowest BCUT2D eigenvalue weighted by molar-refractivity contribution is 0.0828. The van der Waals surface area contributed by atoms with Gasteiger partial charge in [0.05, 0.1) is 15.6 Å². The molecule has 3 heterocycles. The number of aromatic nitrogens is 3.